The normalized spacial score (nSPS) is 10.6. The van der Waals surface area contributed by atoms with Gasteiger partial charge in [-0.05, 0) is 40.5 Å². The highest BCUT2D eigenvalue weighted by Crippen LogP contribution is 2.27. The molecule has 0 aliphatic heterocycles. The van der Waals surface area contributed by atoms with Crippen LogP contribution in [0.25, 0.3) is 33.5 Å². The zero-order valence-electron chi connectivity index (χ0n) is 13.8. The number of hydrogen-bond acceptors (Lipinski definition) is 1. The van der Waals surface area contributed by atoms with Crippen LogP contribution in [0.5, 0.6) is 0 Å². The van der Waals surface area contributed by atoms with E-state index in [9.17, 15) is 0 Å². The van der Waals surface area contributed by atoms with E-state index in [2.05, 4.69) is 41.4 Å². The van der Waals surface area contributed by atoms with Crippen molar-refractivity contribution in [2.75, 3.05) is 0 Å². The predicted molar refractivity (Wildman–Crippen MR) is 106 cm³/mol. The first kappa shape index (κ1) is 15.4. The van der Waals surface area contributed by atoms with Gasteiger partial charge in [-0.1, -0.05) is 78.3 Å². The van der Waals surface area contributed by atoms with Gasteiger partial charge >= 0.3 is 0 Å². The fourth-order valence-corrected chi connectivity index (χ4v) is 3.00. The Bertz CT molecular complexity index is 995. The van der Waals surface area contributed by atoms with Crippen molar-refractivity contribution in [2.24, 2.45) is 0 Å². The van der Waals surface area contributed by atoms with E-state index in [1.54, 1.807) is 0 Å². The summed E-state index contributed by atoms with van der Waals surface area (Å²) in [6, 6.07) is 30.8. The van der Waals surface area contributed by atoms with Crippen molar-refractivity contribution in [3.05, 3.63) is 97.2 Å². The van der Waals surface area contributed by atoms with Crippen molar-refractivity contribution < 1.29 is 0 Å². The van der Waals surface area contributed by atoms with Gasteiger partial charge in [0.15, 0.2) is 0 Å². The van der Waals surface area contributed by atoms with Crippen molar-refractivity contribution in [2.45, 2.75) is 0 Å². The molecular weight excluding hydrogens is 301 g/mol. The van der Waals surface area contributed by atoms with Gasteiger partial charge in [-0.2, -0.15) is 0 Å². The molecule has 0 atom stereocenters. The lowest BCUT2D eigenvalue weighted by Crippen LogP contribution is -2.03. The van der Waals surface area contributed by atoms with E-state index >= 15 is 0 Å². The summed E-state index contributed by atoms with van der Waals surface area (Å²) in [6.45, 7) is 0. The standard InChI is InChI=1S/C23H16BN/c24-22-14-20(18-9-5-2-6-10-18)13-21(15-22)23-16-19(11-12-25-23)17-7-3-1-4-8-17/h1-16H. The molecule has 0 amide bonds. The summed E-state index contributed by atoms with van der Waals surface area (Å²) in [4.78, 5) is 4.56. The van der Waals surface area contributed by atoms with Crippen LogP contribution in [0.15, 0.2) is 97.2 Å². The van der Waals surface area contributed by atoms with E-state index < -0.39 is 0 Å². The van der Waals surface area contributed by atoms with Gasteiger partial charge in [-0.3, -0.25) is 4.98 Å². The molecule has 0 bridgehead atoms. The van der Waals surface area contributed by atoms with Gasteiger partial charge in [-0.15, -0.1) is 0 Å². The molecule has 4 rings (SSSR count). The minimum atomic E-state index is 0.739. The van der Waals surface area contributed by atoms with Crippen molar-refractivity contribution in [3.8, 4) is 33.5 Å². The Morgan fingerprint density at radius 2 is 1.12 bits per heavy atom. The third-order valence-corrected chi connectivity index (χ3v) is 4.23. The van der Waals surface area contributed by atoms with Crippen LogP contribution in [0.3, 0.4) is 0 Å². The second-order valence-corrected chi connectivity index (χ2v) is 6.01. The van der Waals surface area contributed by atoms with Crippen LogP contribution in [0, 0.1) is 0 Å². The van der Waals surface area contributed by atoms with Gasteiger partial charge in [0.1, 0.15) is 7.85 Å². The third-order valence-electron chi connectivity index (χ3n) is 4.23. The zero-order chi connectivity index (χ0) is 17.1. The lowest BCUT2D eigenvalue weighted by molar-refractivity contribution is 1.33. The highest BCUT2D eigenvalue weighted by molar-refractivity contribution is 6.33. The quantitative estimate of drug-likeness (QED) is 0.491. The number of nitrogens with zero attached hydrogens (tertiary/aromatic N) is 1. The van der Waals surface area contributed by atoms with E-state index in [4.69, 9.17) is 7.85 Å². The van der Waals surface area contributed by atoms with Gasteiger partial charge in [0.25, 0.3) is 0 Å². The molecule has 1 aromatic heterocycles. The average Bonchev–Trinajstić information content (AvgIpc) is 2.69. The number of hydrogen-bond donors (Lipinski definition) is 0. The van der Waals surface area contributed by atoms with E-state index in [0.717, 1.165) is 33.4 Å². The molecule has 3 aromatic carbocycles. The Morgan fingerprint density at radius 1 is 0.520 bits per heavy atom. The topological polar surface area (TPSA) is 12.9 Å². The lowest BCUT2D eigenvalue weighted by Gasteiger charge is -2.09. The molecule has 1 heterocycles. The fraction of sp³-hybridized carbons (Fsp3) is 0. The Kier molecular flexibility index (Phi) is 4.18. The highest BCUT2D eigenvalue weighted by Gasteiger charge is 2.06. The van der Waals surface area contributed by atoms with Crippen LogP contribution in [-0.2, 0) is 0 Å². The van der Waals surface area contributed by atoms with Gasteiger partial charge in [-0.25, -0.2) is 0 Å². The summed E-state index contributed by atoms with van der Waals surface area (Å²) in [7, 11) is 6.16. The van der Waals surface area contributed by atoms with Crippen LogP contribution in [-0.4, -0.2) is 12.8 Å². The van der Waals surface area contributed by atoms with Crippen molar-refractivity contribution in [1.29, 1.82) is 0 Å². The number of aromatic nitrogens is 1. The molecule has 0 unspecified atom stereocenters. The molecule has 0 saturated carbocycles. The third kappa shape index (κ3) is 3.38. The molecular formula is C23H16BN. The van der Waals surface area contributed by atoms with E-state index in [1.165, 1.54) is 5.56 Å². The van der Waals surface area contributed by atoms with Crippen LogP contribution in [0.4, 0.5) is 0 Å². The van der Waals surface area contributed by atoms with Gasteiger partial charge in [0, 0.05) is 11.8 Å². The first-order valence-electron chi connectivity index (χ1n) is 8.27. The summed E-state index contributed by atoms with van der Waals surface area (Å²) in [5.41, 5.74) is 7.26. The summed E-state index contributed by atoms with van der Waals surface area (Å²) in [5.74, 6) is 0. The molecule has 1 nitrogen and oxygen atoms in total. The molecule has 0 saturated heterocycles. The van der Waals surface area contributed by atoms with E-state index in [-0.39, 0.29) is 0 Å². The Labute approximate surface area is 149 Å². The maximum atomic E-state index is 6.16. The van der Waals surface area contributed by atoms with Crippen LogP contribution < -0.4 is 5.46 Å². The van der Waals surface area contributed by atoms with Crippen LogP contribution in [0.2, 0.25) is 0 Å². The van der Waals surface area contributed by atoms with Crippen molar-refractivity contribution in [3.63, 3.8) is 0 Å². The molecule has 0 N–H and O–H groups in total. The first-order valence-corrected chi connectivity index (χ1v) is 8.27. The minimum absolute atomic E-state index is 0.739. The maximum absolute atomic E-state index is 6.16. The molecule has 0 aliphatic carbocycles. The zero-order valence-corrected chi connectivity index (χ0v) is 13.8. The molecule has 0 aliphatic rings. The Balaban J connectivity index is 1.79. The molecule has 0 fully saturated rings. The summed E-state index contributed by atoms with van der Waals surface area (Å²) < 4.78 is 0. The minimum Gasteiger partial charge on any atom is -0.256 e. The molecule has 4 aromatic rings. The monoisotopic (exact) mass is 317 g/mol. The van der Waals surface area contributed by atoms with Crippen molar-refractivity contribution >= 4 is 13.3 Å². The molecule has 0 spiro atoms. The maximum Gasteiger partial charge on any atom is 0.113 e. The highest BCUT2D eigenvalue weighted by atomic mass is 14.7. The largest absolute Gasteiger partial charge is 0.256 e. The Hall–Kier alpha value is -3.13. The van der Waals surface area contributed by atoms with Crippen molar-refractivity contribution in [1.82, 2.24) is 4.98 Å². The molecule has 2 heteroatoms. The second-order valence-electron chi connectivity index (χ2n) is 6.01. The van der Waals surface area contributed by atoms with E-state index in [1.807, 2.05) is 60.8 Å². The predicted octanol–water partition coefficient (Wildman–Crippen LogP) is 4.88. The number of benzene rings is 3. The first-order chi connectivity index (χ1) is 12.3. The second kappa shape index (κ2) is 6.78. The molecule has 25 heavy (non-hydrogen) atoms. The molecule has 116 valence electrons. The Morgan fingerprint density at radius 3 is 1.80 bits per heavy atom. The molecule has 2 radical (unpaired) electrons. The fourth-order valence-electron chi connectivity index (χ4n) is 3.00. The SMILES string of the molecule is [B]c1cc(-c2ccccc2)cc(-c2cc(-c3ccccc3)ccn2)c1. The van der Waals surface area contributed by atoms with Gasteiger partial charge in [0.05, 0.1) is 5.69 Å². The summed E-state index contributed by atoms with van der Waals surface area (Å²) in [5, 5.41) is 0. The number of pyridine rings is 1. The van der Waals surface area contributed by atoms with E-state index in [0.29, 0.717) is 0 Å². The van der Waals surface area contributed by atoms with Crippen LogP contribution >= 0.6 is 0 Å². The van der Waals surface area contributed by atoms with Gasteiger partial charge < -0.3 is 0 Å². The van der Waals surface area contributed by atoms with Gasteiger partial charge in [0.2, 0.25) is 0 Å². The summed E-state index contributed by atoms with van der Waals surface area (Å²) in [6.07, 6.45) is 1.85. The smallest absolute Gasteiger partial charge is 0.113 e. The lowest BCUT2D eigenvalue weighted by atomic mass is 9.89. The van der Waals surface area contributed by atoms with Crippen LogP contribution in [0.1, 0.15) is 0 Å². The number of rotatable bonds is 3. The average molecular weight is 317 g/mol. The summed E-state index contributed by atoms with van der Waals surface area (Å²) >= 11 is 0.